The number of thiol groups is 1. The Labute approximate surface area is 234 Å². The molecule has 2 N–H and O–H groups in total. The number of nitrogens with zero attached hydrogens (tertiary/aromatic N) is 5. The standard InChI is InChI=1S/C25H27F3N6O6S/c1-32(2)21-5-4-16(13-31-21)34(41(37)38)18-7-9-33(23(18)35)19(24(36)39-3)11-15-10-14-6-8-30-22(29)17(14)12-20(15)40-25(26,27)28/h4-6,8,10,12-13,18-19,41H,7,9,11H2,1-3H3,(H2,29,30)/t18-,19+/m0/s1. The summed E-state index contributed by atoms with van der Waals surface area (Å²) < 4.78 is 74.4. The number of benzene rings is 1. The maximum Gasteiger partial charge on any atom is 0.573 e. The molecule has 1 aliphatic heterocycles. The van der Waals surface area contributed by atoms with Gasteiger partial charge in [0.15, 0.2) is 0 Å². The largest absolute Gasteiger partial charge is 0.573 e. The van der Waals surface area contributed by atoms with Crippen molar-refractivity contribution in [2.24, 2.45) is 0 Å². The number of esters is 1. The number of aromatic nitrogens is 2. The molecule has 2 aromatic heterocycles. The number of halogens is 3. The van der Waals surface area contributed by atoms with E-state index in [9.17, 15) is 31.2 Å². The lowest BCUT2D eigenvalue weighted by molar-refractivity contribution is -0.274. The molecule has 1 saturated heterocycles. The van der Waals surface area contributed by atoms with Gasteiger partial charge in [-0.05, 0) is 47.7 Å². The van der Waals surface area contributed by atoms with E-state index in [-0.39, 0.29) is 35.4 Å². The normalized spacial score (nSPS) is 16.2. The fourth-order valence-electron chi connectivity index (χ4n) is 4.70. The highest BCUT2D eigenvalue weighted by Crippen LogP contribution is 2.35. The SMILES string of the molecule is COC(=O)[C@@H](Cc1cc2ccnc(N)c2cc1OC(F)(F)F)N1CC[C@H](N(c2ccc(N(C)C)nc2)[SH](=O)=O)C1=O. The van der Waals surface area contributed by atoms with E-state index in [0.717, 1.165) is 22.4 Å². The predicted octanol–water partition coefficient (Wildman–Crippen LogP) is 1.89. The van der Waals surface area contributed by atoms with Gasteiger partial charge in [-0.15, -0.1) is 13.2 Å². The molecule has 0 saturated carbocycles. The number of hydrogen-bond acceptors (Lipinski definition) is 10. The summed E-state index contributed by atoms with van der Waals surface area (Å²) >= 11 is 0. The molecule has 0 aliphatic carbocycles. The topological polar surface area (TPSA) is 148 Å². The molecule has 41 heavy (non-hydrogen) atoms. The molecule has 1 fully saturated rings. The molecular formula is C25H27F3N6O6S. The van der Waals surface area contributed by atoms with Crippen LogP contribution in [0.3, 0.4) is 0 Å². The second-order valence-electron chi connectivity index (χ2n) is 9.36. The van der Waals surface area contributed by atoms with Crippen LogP contribution in [0.2, 0.25) is 0 Å². The van der Waals surface area contributed by atoms with Gasteiger partial charge in [0.1, 0.15) is 29.5 Å². The van der Waals surface area contributed by atoms with Crippen LogP contribution in [-0.4, -0.2) is 81.4 Å². The number of carbonyl (C=O) groups is 2. The Balaban J connectivity index is 1.69. The average molecular weight is 597 g/mol. The van der Waals surface area contributed by atoms with Crippen LogP contribution in [0.15, 0.2) is 42.7 Å². The quantitative estimate of drug-likeness (QED) is 0.277. The van der Waals surface area contributed by atoms with E-state index in [1.165, 1.54) is 30.6 Å². The Bertz CT molecular complexity index is 1520. The van der Waals surface area contributed by atoms with Gasteiger partial charge >= 0.3 is 12.3 Å². The molecule has 220 valence electrons. The van der Waals surface area contributed by atoms with E-state index in [1.807, 2.05) is 0 Å². The number of methoxy groups -OCH3 is 1. The summed E-state index contributed by atoms with van der Waals surface area (Å²) in [6.45, 7) is -0.0634. The minimum absolute atomic E-state index is 0.0108. The molecule has 3 aromatic rings. The van der Waals surface area contributed by atoms with Crippen LogP contribution in [0, 0.1) is 0 Å². The Morgan fingerprint density at radius 2 is 1.95 bits per heavy atom. The maximum absolute atomic E-state index is 13.6. The number of alkyl halides is 3. The van der Waals surface area contributed by atoms with Gasteiger partial charge in [0, 0.05) is 38.6 Å². The zero-order valence-electron chi connectivity index (χ0n) is 22.2. The maximum atomic E-state index is 13.6. The monoisotopic (exact) mass is 596 g/mol. The molecule has 0 bridgehead atoms. The lowest BCUT2D eigenvalue weighted by Crippen LogP contribution is -2.48. The number of ether oxygens (including phenoxy) is 2. The Kier molecular flexibility index (Phi) is 8.42. The highest BCUT2D eigenvalue weighted by atomic mass is 32.2. The fraction of sp³-hybridized carbons (Fsp3) is 0.360. The van der Waals surface area contributed by atoms with Gasteiger partial charge in [-0.1, -0.05) is 0 Å². The average Bonchev–Trinajstić information content (AvgIpc) is 3.27. The molecule has 3 heterocycles. The van der Waals surface area contributed by atoms with Crippen molar-refractivity contribution in [3.8, 4) is 5.75 Å². The zero-order valence-corrected chi connectivity index (χ0v) is 23.1. The van der Waals surface area contributed by atoms with E-state index < -0.39 is 53.4 Å². The highest BCUT2D eigenvalue weighted by Gasteiger charge is 2.44. The first-order chi connectivity index (χ1) is 19.3. The number of hydrogen-bond donors (Lipinski definition) is 2. The summed E-state index contributed by atoms with van der Waals surface area (Å²) in [5.41, 5.74) is 5.92. The number of fused-ring (bicyclic) bond motifs is 1. The molecule has 1 aliphatic rings. The third kappa shape index (κ3) is 6.37. The predicted molar refractivity (Wildman–Crippen MR) is 144 cm³/mol. The molecule has 4 rings (SSSR count). The van der Waals surface area contributed by atoms with E-state index in [1.54, 1.807) is 25.1 Å². The van der Waals surface area contributed by atoms with Gasteiger partial charge in [0.2, 0.25) is 16.8 Å². The third-order valence-corrected chi connectivity index (χ3v) is 7.46. The lowest BCUT2D eigenvalue weighted by Gasteiger charge is -2.28. The van der Waals surface area contributed by atoms with Crippen LogP contribution in [0.4, 0.5) is 30.5 Å². The van der Waals surface area contributed by atoms with Crippen LogP contribution in [-0.2, 0) is 31.6 Å². The lowest BCUT2D eigenvalue weighted by atomic mass is 10.00. The van der Waals surface area contributed by atoms with Crippen molar-refractivity contribution in [1.82, 2.24) is 14.9 Å². The Hall–Kier alpha value is -4.34. The number of carbonyl (C=O) groups excluding carboxylic acids is 2. The molecule has 0 spiro atoms. The van der Waals surface area contributed by atoms with Crippen molar-refractivity contribution in [3.63, 3.8) is 0 Å². The van der Waals surface area contributed by atoms with Crippen LogP contribution >= 0.6 is 0 Å². The summed E-state index contributed by atoms with van der Waals surface area (Å²) in [5, 5.41) is 0.630. The summed E-state index contributed by atoms with van der Waals surface area (Å²) in [6.07, 6.45) is -2.79. The molecular weight excluding hydrogens is 569 g/mol. The van der Waals surface area contributed by atoms with Gasteiger partial charge in [-0.25, -0.2) is 23.2 Å². The molecule has 16 heteroatoms. The summed E-state index contributed by atoms with van der Waals surface area (Å²) in [7, 11) is 1.29. The summed E-state index contributed by atoms with van der Waals surface area (Å²) in [5.74, 6) is -1.71. The number of rotatable bonds is 9. The van der Waals surface area contributed by atoms with Crippen molar-refractivity contribution in [1.29, 1.82) is 0 Å². The molecule has 2 atom stereocenters. The highest BCUT2D eigenvalue weighted by molar-refractivity contribution is 7.74. The van der Waals surface area contributed by atoms with Crippen molar-refractivity contribution in [3.05, 3.63) is 48.3 Å². The van der Waals surface area contributed by atoms with Crippen LogP contribution < -0.4 is 19.7 Å². The molecule has 0 unspecified atom stereocenters. The van der Waals surface area contributed by atoms with Crippen molar-refractivity contribution in [2.75, 3.05) is 42.7 Å². The third-order valence-electron chi connectivity index (χ3n) is 6.60. The first kappa shape index (κ1) is 29.6. The van der Waals surface area contributed by atoms with E-state index in [4.69, 9.17) is 10.5 Å². The molecule has 1 amide bonds. The van der Waals surface area contributed by atoms with E-state index in [0.29, 0.717) is 11.2 Å². The fourth-order valence-corrected chi connectivity index (χ4v) is 5.45. The second kappa shape index (κ2) is 11.6. The van der Waals surface area contributed by atoms with E-state index in [2.05, 4.69) is 14.7 Å². The van der Waals surface area contributed by atoms with Crippen LogP contribution in [0.1, 0.15) is 12.0 Å². The number of nitrogen functional groups attached to an aromatic ring is 1. The minimum Gasteiger partial charge on any atom is -0.467 e. The van der Waals surface area contributed by atoms with Gasteiger partial charge in [-0.2, -0.15) is 0 Å². The number of anilines is 3. The van der Waals surface area contributed by atoms with E-state index >= 15 is 0 Å². The summed E-state index contributed by atoms with van der Waals surface area (Å²) in [6, 6.07) is 4.44. The van der Waals surface area contributed by atoms with Gasteiger partial charge in [0.05, 0.1) is 19.0 Å². The number of amides is 1. The summed E-state index contributed by atoms with van der Waals surface area (Å²) in [4.78, 5) is 37.3. The van der Waals surface area contributed by atoms with Gasteiger partial charge < -0.3 is 25.0 Å². The second-order valence-corrected chi connectivity index (χ2v) is 10.3. The smallest absolute Gasteiger partial charge is 0.467 e. The molecule has 0 radical (unpaired) electrons. The Morgan fingerprint density at radius 3 is 2.54 bits per heavy atom. The van der Waals surface area contributed by atoms with Gasteiger partial charge in [0.25, 0.3) is 0 Å². The first-order valence-electron chi connectivity index (χ1n) is 12.2. The van der Waals surface area contributed by atoms with Crippen molar-refractivity contribution >= 4 is 50.9 Å². The number of nitrogens with two attached hydrogens (primary N) is 1. The number of pyridine rings is 2. The molecule has 12 nitrogen and oxygen atoms in total. The van der Waals surface area contributed by atoms with Crippen molar-refractivity contribution in [2.45, 2.75) is 31.3 Å². The van der Waals surface area contributed by atoms with Gasteiger partial charge in [-0.3, -0.25) is 9.10 Å². The Morgan fingerprint density at radius 1 is 1.22 bits per heavy atom. The van der Waals surface area contributed by atoms with Crippen LogP contribution in [0.5, 0.6) is 5.75 Å². The molecule has 1 aromatic carbocycles. The zero-order chi connectivity index (χ0) is 30.1. The van der Waals surface area contributed by atoms with Crippen LogP contribution in [0.25, 0.3) is 10.8 Å². The first-order valence-corrected chi connectivity index (χ1v) is 13.3. The number of likely N-dealkylation sites (tertiary alicyclic amines) is 1. The minimum atomic E-state index is -5.06. The van der Waals surface area contributed by atoms with Crippen molar-refractivity contribution < 1.29 is 40.7 Å².